The number of ether oxygens (including phenoxy) is 1. The molecule has 0 saturated carbocycles. The molecule has 1 rings (SSSR count). The van der Waals surface area contributed by atoms with Crippen molar-refractivity contribution in [1.29, 1.82) is 0 Å². The molecule has 0 unspecified atom stereocenters. The van der Waals surface area contributed by atoms with Crippen LogP contribution >= 0.6 is 15.9 Å². The Morgan fingerprint density at radius 3 is 2.48 bits per heavy atom. The normalized spacial score (nSPS) is 12.0. The molecule has 1 aromatic carbocycles. The van der Waals surface area contributed by atoms with Crippen molar-refractivity contribution in [1.82, 2.24) is 0 Å². The molecule has 0 saturated heterocycles. The average Bonchev–Trinajstić information content (AvgIpc) is 2.40. The van der Waals surface area contributed by atoms with Crippen molar-refractivity contribution in [3.8, 4) is 0 Å². The van der Waals surface area contributed by atoms with Crippen LogP contribution in [0.3, 0.4) is 0 Å². The summed E-state index contributed by atoms with van der Waals surface area (Å²) in [4.78, 5) is 12.4. The van der Waals surface area contributed by atoms with Crippen molar-refractivity contribution in [2.24, 2.45) is 5.41 Å². The number of carbonyl (C=O) groups is 1. The zero-order valence-electron chi connectivity index (χ0n) is 13.0. The molecule has 0 aliphatic carbocycles. The molecule has 0 aliphatic heterocycles. The van der Waals surface area contributed by atoms with Crippen LogP contribution in [0.1, 0.15) is 27.2 Å². The largest absolute Gasteiger partial charge is 0.501 e. The Hall–Kier alpha value is -1.55. The van der Waals surface area contributed by atoms with E-state index < -0.39 is 5.41 Å². The van der Waals surface area contributed by atoms with Gasteiger partial charge in [-0.2, -0.15) is 0 Å². The number of benzene rings is 1. The van der Waals surface area contributed by atoms with Crippen LogP contribution in [0.2, 0.25) is 0 Å². The minimum atomic E-state index is -0.547. The van der Waals surface area contributed by atoms with Gasteiger partial charge in [-0.3, -0.25) is 4.79 Å². The highest BCUT2D eigenvalue weighted by atomic mass is 79.9. The Bertz CT molecular complexity index is 544. The third kappa shape index (κ3) is 5.76. The quantitative estimate of drug-likeness (QED) is 0.584. The van der Waals surface area contributed by atoms with E-state index in [1.165, 1.54) is 0 Å². The molecule has 1 N–H and O–H groups in total. The summed E-state index contributed by atoms with van der Waals surface area (Å²) < 4.78 is 6.08. The summed E-state index contributed by atoms with van der Waals surface area (Å²) in [6, 6.07) is 7.52. The molecule has 0 aromatic heterocycles. The van der Waals surface area contributed by atoms with E-state index in [9.17, 15) is 4.79 Å². The third-order valence-electron chi connectivity index (χ3n) is 3.12. The Morgan fingerprint density at radius 1 is 1.38 bits per heavy atom. The van der Waals surface area contributed by atoms with Gasteiger partial charge < -0.3 is 10.1 Å². The van der Waals surface area contributed by atoms with Gasteiger partial charge in [0.05, 0.1) is 12.9 Å². The summed E-state index contributed by atoms with van der Waals surface area (Å²) >= 11 is 3.37. The Morgan fingerprint density at radius 2 is 1.95 bits per heavy atom. The fraction of sp³-hybridized carbons (Fsp3) is 0.353. The van der Waals surface area contributed by atoms with E-state index in [2.05, 4.69) is 27.8 Å². The van der Waals surface area contributed by atoms with Gasteiger partial charge in [-0.05, 0) is 43.7 Å². The molecule has 0 fully saturated rings. The van der Waals surface area contributed by atoms with Crippen LogP contribution < -0.4 is 5.32 Å². The molecule has 3 nitrogen and oxygen atoms in total. The first kappa shape index (κ1) is 17.5. The van der Waals surface area contributed by atoms with E-state index in [4.69, 9.17) is 4.74 Å². The maximum Gasteiger partial charge on any atom is 0.230 e. The summed E-state index contributed by atoms with van der Waals surface area (Å²) in [5, 5.41) is 2.93. The zero-order chi connectivity index (χ0) is 16.0. The second-order valence-electron chi connectivity index (χ2n) is 5.64. The van der Waals surface area contributed by atoms with Crippen LogP contribution in [0.5, 0.6) is 0 Å². The first-order valence-corrected chi connectivity index (χ1v) is 7.51. The maximum absolute atomic E-state index is 12.4. The lowest BCUT2D eigenvalue weighted by Gasteiger charge is -2.24. The SMILES string of the molecule is C=C(/C=C(\C)OC)CC(C)(C)C(=O)Nc1ccc(Br)cc1. The van der Waals surface area contributed by atoms with E-state index >= 15 is 0 Å². The minimum absolute atomic E-state index is 0.0329. The standard InChI is InChI=1S/C17H22BrNO2/c1-12(10-13(2)21-5)11-17(3,4)16(20)19-15-8-6-14(18)7-9-15/h6-10H,1,11H2,2-5H3,(H,19,20)/b13-10+. The number of anilines is 1. The van der Waals surface area contributed by atoms with Crippen LogP contribution in [-0.4, -0.2) is 13.0 Å². The molecule has 0 radical (unpaired) electrons. The molecule has 0 bridgehead atoms. The molecule has 0 atom stereocenters. The summed E-state index contributed by atoms with van der Waals surface area (Å²) in [6.07, 6.45) is 2.42. The van der Waals surface area contributed by atoms with Crippen molar-refractivity contribution in [3.63, 3.8) is 0 Å². The number of halogens is 1. The number of methoxy groups -OCH3 is 1. The monoisotopic (exact) mass is 351 g/mol. The molecule has 21 heavy (non-hydrogen) atoms. The highest BCUT2D eigenvalue weighted by Gasteiger charge is 2.28. The summed E-state index contributed by atoms with van der Waals surface area (Å²) in [5.41, 5.74) is 1.10. The fourth-order valence-corrected chi connectivity index (χ4v) is 2.14. The first-order chi connectivity index (χ1) is 9.74. The van der Waals surface area contributed by atoms with Gasteiger partial charge in [0.15, 0.2) is 0 Å². The van der Waals surface area contributed by atoms with Crippen molar-refractivity contribution in [2.45, 2.75) is 27.2 Å². The van der Waals surface area contributed by atoms with Gasteiger partial charge in [0, 0.05) is 15.6 Å². The molecule has 0 aliphatic rings. The van der Waals surface area contributed by atoms with Crippen LogP contribution in [-0.2, 0) is 9.53 Å². The second kappa shape index (κ2) is 7.46. The van der Waals surface area contributed by atoms with Crippen LogP contribution in [0.4, 0.5) is 5.69 Å². The van der Waals surface area contributed by atoms with Crippen molar-refractivity contribution in [3.05, 3.63) is 52.7 Å². The van der Waals surface area contributed by atoms with Gasteiger partial charge in [-0.1, -0.05) is 41.9 Å². The van der Waals surface area contributed by atoms with E-state index in [0.29, 0.717) is 6.42 Å². The molecule has 114 valence electrons. The average molecular weight is 352 g/mol. The van der Waals surface area contributed by atoms with Gasteiger partial charge in [-0.25, -0.2) is 0 Å². The zero-order valence-corrected chi connectivity index (χ0v) is 14.6. The minimum Gasteiger partial charge on any atom is -0.501 e. The first-order valence-electron chi connectivity index (χ1n) is 6.71. The molecule has 4 heteroatoms. The van der Waals surface area contributed by atoms with Crippen molar-refractivity contribution < 1.29 is 9.53 Å². The summed E-state index contributed by atoms with van der Waals surface area (Å²) in [5.74, 6) is 0.749. The highest BCUT2D eigenvalue weighted by Crippen LogP contribution is 2.28. The fourth-order valence-electron chi connectivity index (χ4n) is 1.88. The number of hydrogen-bond donors (Lipinski definition) is 1. The van der Waals surface area contributed by atoms with Gasteiger partial charge in [0.25, 0.3) is 0 Å². The lowest BCUT2D eigenvalue weighted by Crippen LogP contribution is -2.31. The smallest absolute Gasteiger partial charge is 0.230 e. The van der Waals surface area contributed by atoms with Gasteiger partial charge >= 0.3 is 0 Å². The Kier molecular flexibility index (Phi) is 6.21. The van der Waals surface area contributed by atoms with E-state index in [1.807, 2.05) is 51.1 Å². The Labute approximate surface area is 135 Å². The molecule has 0 spiro atoms. The maximum atomic E-state index is 12.4. The lowest BCUT2D eigenvalue weighted by molar-refractivity contribution is -0.123. The van der Waals surface area contributed by atoms with Gasteiger partial charge in [-0.15, -0.1) is 0 Å². The summed E-state index contributed by atoms with van der Waals surface area (Å²) in [6.45, 7) is 9.66. The van der Waals surface area contributed by atoms with Crippen LogP contribution in [0.25, 0.3) is 0 Å². The van der Waals surface area contributed by atoms with Crippen LogP contribution in [0, 0.1) is 5.41 Å². The third-order valence-corrected chi connectivity index (χ3v) is 3.64. The topological polar surface area (TPSA) is 38.3 Å². The summed E-state index contributed by atoms with van der Waals surface area (Å²) in [7, 11) is 1.62. The molecular weight excluding hydrogens is 330 g/mol. The van der Waals surface area contributed by atoms with Gasteiger partial charge in [0.2, 0.25) is 5.91 Å². The predicted molar refractivity (Wildman–Crippen MR) is 91.1 cm³/mol. The predicted octanol–water partition coefficient (Wildman–Crippen LogP) is 4.91. The van der Waals surface area contributed by atoms with E-state index in [1.54, 1.807) is 7.11 Å². The van der Waals surface area contributed by atoms with Crippen LogP contribution in [0.15, 0.2) is 52.7 Å². The molecule has 1 aromatic rings. The highest BCUT2D eigenvalue weighted by molar-refractivity contribution is 9.10. The van der Waals surface area contributed by atoms with Gasteiger partial charge in [0.1, 0.15) is 0 Å². The molecule has 0 heterocycles. The number of rotatable bonds is 6. The number of carbonyl (C=O) groups excluding carboxylic acids is 1. The number of hydrogen-bond acceptors (Lipinski definition) is 2. The number of amides is 1. The lowest BCUT2D eigenvalue weighted by atomic mass is 9.84. The number of nitrogens with one attached hydrogen (secondary N) is 1. The molecule has 1 amide bonds. The van der Waals surface area contributed by atoms with E-state index in [0.717, 1.165) is 21.5 Å². The van der Waals surface area contributed by atoms with E-state index in [-0.39, 0.29) is 5.91 Å². The Balaban J connectivity index is 2.71. The molecular formula is C17H22BrNO2. The van der Waals surface area contributed by atoms with Crippen molar-refractivity contribution >= 4 is 27.5 Å². The number of allylic oxidation sites excluding steroid dienone is 3. The van der Waals surface area contributed by atoms with Crippen molar-refractivity contribution in [2.75, 3.05) is 12.4 Å². The second-order valence-corrected chi connectivity index (χ2v) is 6.55.